The van der Waals surface area contributed by atoms with Crippen LogP contribution in [0.25, 0.3) is 0 Å². The number of amides is 2. The third-order valence-electron chi connectivity index (χ3n) is 4.79. The topological polar surface area (TPSA) is 55.8 Å². The Morgan fingerprint density at radius 2 is 1.73 bits per heavy atom. The lowest BCUT2D eigenvalue weighted by Crippen LogP contribution is -2.45. The first kappa shape index (κ1) is 18.0. The molecule has 1 aliphatic rings. The molecule has 2 aromatic carbocycles. The van der Waals surface area contributed by atoms with E-state index >= 15 is 0 Å². The number of methoxy groups -OCH3 is 2. The van der Waals surface area contributed by atoms with Crippen LogP contribution in [0.3, 0.4) is 0 Å². The maximum absolute atomic E-state index is 12.8. The van der Waals surface area contributed by atoms with E-state index < -0.39 is 0 Å². The molecular formula is C21H23NO4. The molecule has 0 bridgehead atoms. The summed E-state index contributed by atoms with van der Waals surface area (Å²) in [7, 11) is 3.18. The van der Waals surface area contributed by atoms with Gasteiger partial charge in [-0.1, -0.05) is 36.4 Å². The number of benzene rings is 2. The van der Waals surface area contributed by atoms with Gasteiger partial charge in [0.25, 0.3) is 0 Å². The maximum Gasteiger partial charge on any atom is 0.236 e. The summed E-state index contributed by atoms with van der Waals surface area (Å²) in [5.74, 6) is 0.865. The fourth-order valence-corrected chi connectivity index (χ4v) is 3.34. The monoisotopic (exact) mass is 353 g/mol. The van der Waals surface area contributed by atoms with Crippen molar-refractivity contribution in [3.8, 4) is 11.5 Å². The van der Waals surface area contributed by atoms with Crippen LogP contribution >= 0.6 is 0 Å². The molecule has 1 fully saturated rings. The second-order valence-electron chi connectivity index (χ2n) is 6.32. The van der Waals surface area contributed by atoms with Crippen molar-refractivity contribution in [3.63, 3.8) is 0 Å². The van der Waals surface area contributed by atoms with Crippen molar-refractivity contribution in [2.45, 2.75) is 25.2 Å². The Hall–Kier alpha value is -2.82. The number of piperidine rings is 1. The van der Waals surface area contributed by atoms with Gasteiger partial charge >= 0.3 is 0 Å². The molecule has 0 N–H and O–H groups in total. The standard InChI is InChI=1S/C21H23NO4/c1-25-18-10-8-15(14-19(18)26-2)12-13-22-20(23)11-9-17(21(22)24)16-6-4-3-5-7-16/h3-8,10,14,17H,9,11-13H2,1-2H3. The Labute approximate surface area is 153 Å². The van der Waals surface area contributed by atoms with Gasteiger partial charge in [0.05, 0.1) is 20.1 Å². The average Bonchev–Trinajstić information content (AvgIpc) is 2.68. The van der Waals surface area contributed by atoms with Crippen LogP contribution < -0.4 is 9.47 Å². The van der Waals surface area contributed by atoms with Gasteiger partial charge in [-0.25, -0.2) is 0 Å². The minimum absolute atomic E-state index is 0.0948. The van der Waals surface area contributed by atoms with Crippen LogP contribution in [0.15, 0.2) is 48.5 Å². The molecule has 0 radical (unpaired) electrons. The Morgan fingerprint density at radius 1 is 1.00 bits per heavy atom. The first-order valence-corrected chi connectivity index (χ1v) is 8.74. The van der Waals surface area contributed by atoms with E-state index in [0.29, 0.717) is 37.3 Å². The number of ether oxygens (including phenoxy) is 2. The van der Waals surface area contributed by atoms with Gasteiger partial charge in [-0.3, -0.25) is 14.5 Å². The van der Waals surface area contributed by atoms with Crippen molar-refractivity contribution in [1.29, 1.82) is 0 Å². The first-order valence-electron chi connectivity index (χ1n) is 8.74. The molecule has 0 spiro atoms. The maximum atomic E-state index is 12.8. The minimum atomic E-state index is -0.237. The number of nitrogens with zero attached hydrogens (tertiary/aromatic N) is 1. The van der Waals surface area contributed by atoms with Gasteiger partial charge in [-0.05, 0) is 36.1 Å². The van der Waals surface area contributed by atoms with Crippen LogP contribution in [0, 0.1) is 0 Å². The molecule has 3 rings (SSSR count). The number of rotatable bonds is 6. The van der Waals surface area contributed by atoms with E-state index in [1.54, 1.807) is 14.2 Å². The molecule has 0 aromatic heterocycles. The second kappa shape index (κ2) is 8.04. The fourth-order valence-electron chi connectivity index (χ4n) is 3.34. The van der Waals surface area contributed by atoms with Crippen molar-refractivity contribution >= 4 is 11.8 Å². The highest BCUT2D eigenvalue weighted by Crippen LogP contribution is 2.30. The van der Waals surface area contributed by atoms with Crippen LogP contribution in [0.2, 0.25) is 0 Å². The van der Waals surface area contributed by atoms with Crippen LogP contribution in [-0.4, -0.2) is 37.5 Å². The summed E-state index contributed by atoms with van der Waals surface area (Å²) in [6, 6.07) is 15.3. The molecule has 0 aliphatic carbocycles. The zero-order valence-corrected chi connectivity index (χ0v) is 15.1. The van der Waals surface area contributed by atoms with E-state index in [-0.39, 0.29) is 17.7 Å². The van der Waals surface area contributed by atoms with Gasteiger partial charge in [-0.15, -0.1) is 0 Å². The van der Waals surface area contributed by atoms with Crippen LogP contribution in [-0.2, 0) is 16.0 Å². The second-order valence-corrected chi connectivity index (χ2v) is 6.32. The molecule has 2 aromatic rings. The summed E-state index contributed by atoms with van der Waals surface area (Å²) in [6.07, 6.45) is 1.56. The van der Waals surface area contributed by atoms with Gasteiger partial charge in [-0.2, -0.15) is 0 Å². The van der Waals surface area contributed by atoms with E-state index in [4.69, 9.17) is 9.47 Å². The molecule has 1 aliphatic heterocycles. The molecule has 26 heavy (non-hydrogen) atoms. The largest absolute Gasteiger partial charge is 0.493 e. The molecule has 1 atom stereocenters. The summed E-state index contributed by atoms with van der Waals surface area (Å²) in [4.78, 5) is 26.5. The SMILES string of the molecule is COc1ccc(CCN2C(=O)CCC(c3ccccc3)C2=O)cc1OC. The molecule has 1 heterocycles. The fraction of sp³-hybridized carbons (Fsp3) is 0.333. The van der Waals surface area contributed by atoms with Gasteiger partial charge in [0.15, 0.2) is 11.5 Å². The van der Waals surface area contributed by atoms with Crippen molar-refractivity contribution in [2.75, 3.05) is 20.8 Å². The van der Waals surface area contributed by atoms with Crippen molar-refractivity contribution in [2.24, 2.45) is 0 Å². The van der Waals surface area contributed by atoms with Crippen LogP contribution in [0.1, 0.15) is 29.9 Å². The smallest absolute Gasteiger partial charge is 0.236 e. The quantitative estimate of drug-likeness (QED) is 0.749. The van der Waals surface area contributed by atoms with E-state index in [2.05, 4.69) is 0 Å². The third-order valence-corrected chi connectivity index (χ3v) is 4.79. The molecule has 5 nitrogen and oxygen atoms in total. The lowest BCUT2D eigenvalue weighted by Gasteiger charge is -2.31. The average molecular weight is 353 g/mol. The third kappa shape index (κ3) is 3.72. The Kier molecular flexibility index (Phi) is 5.56. The first-order chi connectivity index (χ1) is 12.6. The summed E-state index contributed by atoms with van der Waals surface area (Å²) in [5, 5.41) is 0. The highest BCUT2D eigenvalue weighted by atomic mass is 16.5. The van der Waals surface area contributed by atoms with Crippen LogP contribution in [0.4, 0.5) is 0 Å². The Bertz CT molecular complexity index is 788. The van der Waals surface area contributed by atoms with E-state index in [1.165, 1.54) is 4.90 Å². The highest BCUT2D eigenvalue weighted by molar-refractivity contribution is 6.01. The Morgan fingerprint density at radius 3 is 2.42 bits per heavy atom. The molecular weight excluding hydrogens is 330 g/mol. The number of carbonyl (C=O) groups excluding carboxylic acids is 2. The number of imide groups is 1. The molecule has 1 saturated heterocycles. The molecule has 2 amide bonds. The molecule has 5 heteroatoms. The van der Waals surface area contributed by atoms with E-state index in [9.17, 15) is 9.59 Å². The van der Waals surface area contributed by atoms with Gasteiger partial charge < -0.3 is 9.47 Å². The lowest BCUT2D eigenvalue weighted by molar-refractivity contribution is -0.149. The number of hydrogen-bond acceptors (Lipinski definition) is 4. The normalized spacial score (nSPS) is 17.3. The zero-order chi connectivity index (χ0) is 18.5. The van der Waals surface area contributed by atoms with E-state index in [0.717, 1.165) is 11.1 Å². The summed E-state index contributed by atoms with van der Waals surface area (Å²) < 4.78 is 10.6. The molecule has 1 unspecified atom stereocenters. The van der Waals surface area contributed by atoms with Crippen LogP contribution in [0.5, 0.6) is 11.5 Å². The number of carbonyl (C=O) groups is 2. The summed E-state index contributed by atoms with van der Waals surface area (Å²) >= 11 is 0. The minimum Gasteiger partial charge on any atom is -0.493 e. The lowest BCUT2D eigenvalue weighted by atomic mass is 9.89. The summed E-state index contributed by atoms with van der Waals surface area (Å²) in [6.45, 7) is 0.372. The van der Waals surface area contributed by atoms with Gasteiger partial charge in [0.1, 0.15) is 0 Å². The predicted molar refractivity (Wildman–Crippen MR) is 98.4 cm³/mol. The Balaban J connectivity index is 1.72. The van der Waals surface area contributed by atoms with E-state index in [1.807, 2.05) is 48.5 Å². The number of likely N-dealkylation sites (tertiary alicyclic amines) is 1. The van der Waals surface area contributed by atoms with Gasteiger partial charge in [0.2, 0.25) is 11.8 Å². The zero-order valence-electron chi connectivity index (χ0n) is 15.1. The van der Waals surface area contributed by atoms with Crippen molar-refractivity contribution in [1.82, 2.24) is 4.90 Å². The molecule has 0 saturated carbocycles. The highest BCUT2D eigenvalue weighted by Gasteiger charge is 2.34. The van der Waals surface area contributed by atoms with Crippen molar-refractivity contribution < 1.29 is 19.1 Å². The molecule has 136 valence electrons. The van der Waals surface area contributed by atoms with Gasteiger partial charge in [0, 0.05) is 13.0 Å². The summed E-state index contributed by atoms with van der Waals surface area (Å²) in [5.41, 5.74) is 1.96. The number of hydrogen-bond donors (Lipinski definition) is 0. The predicted octanol–water partition coefficient (Wildman–Crippen LogP) is 3.18. The van der Waals surface area contributed by atoms with Crippen molar-refractivity contribution in [3.05, 3.63) is 59.7 Å².